The van der Waals surface area contributed by atoms with Crippen LogP contribution in [0.3, 0.4) is 0 Å². The minimum absolute atomic E-state index is 0.0349. The van der Waals surface area contributed by atoms with Gasteiger partial charge in [-0.15, -0.1) is 0 Å². The number of benzene rings is 2. The Balaban J connectivity index is 2.18. The predicted octanol–water partition coefficient (Wildman–Crippen LogP) is 4.35. The van der Waals surface area contributed by atoms with E-state index in [9.17, 15) is 9.59 Å². The van der Waals surface area contributed by atoms with E-state index in [1.54, 1.807) is 6.07 Å². The molecule has 0 spiro atoms. The molecule has 1 atom stereocenters. The molecule has 0 amide bonds. The highest BCUT2D eigenvalue weighted by molar-refractivity contribution is 5.94. The van der Waals surface area contributed by atoms with Crippen LogP contribution in [0.1, 0.15) is 30.4 Å². The third-order valence-electron chi connectivity index (χ3n) is 4.25. The van der Waals surface area contributed by atoms with Crippen molar-refractivity contribution < 1.29 is 14.3 Å². The SMILES string of the molecule is Cc1ccccc1-c1cc(=O)oc2cc(C(C)CC(=O)O)ccc12. The smallest absolute Gasteiger partial charge is 0.336 e. The van der Waals surface area contributed by atoms with Gasteiger partial charge in [0.05, 0.1) is 6.42 Å². The Morgan fingerprint density at radius 1 is 1.12 bits per heavy atom. The Hall–Kier alpha value is -2.88. The van der Waals surface area contributed by atoms with Crippen molar-refractivity contribution in [2.75, 3.05) is 0 Å². The Morgan fingerprint density at radius 2 is 1.88 bits per heavy atom. The first-order valence-corrected chi connectivity index (χ1v) is 7.81. The average molecular weight is 322 g/mol. The zero-order valence-electron chi connectivity index (χ0n) is 13.6. The minimum atomic E-state index is -0.849. The van der Waals surface area contributed by atoms with Crippen LogP contribution in [0.5, 0.6) is 0 Å². The average Bonchev–Trinajstić information content (AvgIpc) is 2.53. The molecule has 3 rings (SSSR count). The fourth-order valence-corrected chi connectivity index (χ4v) is 2.96. The van der Waals surface area contributed by atoms with E-state index in [0.717, 1.165) is 27.6 Å². The maximum Gasteiger partial charge on any atom is 0.336 e. The van der Waals surface area contributed by atoms with Gasteiger partial charge in [-0.3, -0.25) is 4.79 Å². The molecular weight excluding hydrogens is 304 g/mol. The highest BCUT2D eigenvalue weighted by Gasteiger charge is 2.14. The summed E-state index contributed by atoms with van der Waals surface area (Å²) < 4.78 is 5.36. The Morgan fingerprint density at radius 3 is 2.58 bits per heavy atom. The molecule has 0 bridgehead atoms. The van der Waals surface area contributed by atoms with Crippen molar-refractivity contribution in [1.29, 1.82) is 0 Å². The van der Waals surface area contributed by atoms with Gasteiger partial charge in [-0.1, -0.05) is 43.3 Å². The van der Waals surface area contributed by atoms with Crippen molar-refractivity contribution in [3.05, 3.63) is 70.1 Å². The van der Waals surface area contributed by atoms with Gasteiger partial charge in [0.2, 0.25) is 0 Å². The van der Waals surface area contributed by atoms with Crippen molar-refractivity contribution in [3.63, 3.8) is 0 Å². The highest BCUT2D eigenvalue weighted by atomic mass is 16.4. The molecule has 122 valence electrons. The van der Waals surface area contributed by atoms with E-state index < -0.39 is 11.6 Å². The predicted molar refractivity (Wildman–Crippen MR) is 93.3 cm³/mol. The topological polar surface area (TPSA) is 67.5 Å². The van der Waals surface area contributed by atoms with Crippen molar-refractivity contribution in [3.8, 4) is 11.1 Å². The van der Waals surface area contributed by atoms with Crippen molar-refractivity contribution >= 4 is 16.9 Å². The standard InChI is InChI=1S/C20H18O4/c1-12-5-3-4-6-15(12)17-11-20(23)24-18-10-14(7-8-16(17)18)13(2)9-19(21)22/h3-8,10-11,13H,9H2,1-2H3,(H,21,22). The first-order chi connectivity index (χ1) is 11.5. The number of aliphatic carboxylic acids is 1. The second-order valence-electron chi connectivity index (χ2n) is 6.05. The molecule has 0 aliphatic rings. The molecule has 0 aliphatic heterocycles. The van der Waals surface area contributed by atoms with Crippen LogP contribution in [0.2, 0.25) is 0 Å². The second-order valence-corrected chi connectivity index (χ2v) is 6.05. The molecule has 4 heteroatoms. The lowest BCUT2D eigenvalue weighted by Gasteiger charge is -2.12. The van der Waals surface area contributed by atoms with Crippen LogP contribution < -0.4 is 5.63 Å². The Kier molecular flexibility index (Phi) is 4.21. The van der Waals surface area contributed by atoms with Gasteiger partial charge in [0.15, 0.2) is 0 Å². The van der Waals surface area contributed by atoms with Gasteiger partial charge in [0.1, 0.15) is 5.58 Å². The summed E-state index contributed by atoms with van der Waals surface area (Å²) in [7, 11) is 0. The van der Waals surface area contributed by atoms with Crippen LogP contribution in [0.4, 0.5) is 0 Å². The zero-order valence-corrected chi connectivity index (χ0v) is 13.6. The number of hydrogen-bond acceptors (Lipinski definition) is 3. The third kappa shape index (κ3) is 3.08. The van der Waals surface area contributed by atoms with Crippen LogP contribution in [-0.4, -0.2) is 11.1 Å². The maximum absolute atomic E-state index is 12.0. The first-order valence-electron chi connectivity index (χ1n) is 7.81. The molecule has 1 aromatic heterocycles. The number of hydrogen-bond donors (Lipinski definition) is 1. The lowest BCUT2D eigenvalue weighted by molar-refractivity contribution is -0.137. The first kappa shape index (κ1) is 16.0. The van der Waals surface area contributed by atoms with E-state index in [0.29, 0.717) is 5.58 Å². The van der Waals surface area contributed by atoms with Crippen LogP contribution in [-0.2, 0) is 4.79 Å². The fraction of sp³-hybridized carbons (Fsp3) is 0.200. The lowest BCUT2D eigenvalue weighted by Crippen LogP contribution is -2.04. The second kappa shape index (κ2) is 6.32. The molecule has 1 N–H and O–H groups in total. The monoisotopic (exact) mass is 322 g/mol. The van der Waals surface area contributed by atoms with E-state index >= 15 is 0 Å². The lowest BCUT2D eigenvalue weighted by atomic mass is 9.94. The molecule has 0 saturated carbocycles. The molecule has 2 aromatic carbocycles. The summed E-state index contributed by atoms with van der Waals surface area (Å²) in [6.07, 6.45) is 0.0349. The number of carbonyl (C=O) groups is 1. The zero-order chi connectivity index (χ0) is 17.3. The Labute approximate surface area is 139 Å². The molecule has 1 unspecified atom stereocenters. The van der Waals surface area contributed by atoms with E-state index in [-0.39, 0.29) is 12.3 Å². The number of rotatable bonds is 4. The van der Waals surface area contributed by atoms with E-state index in [1.807, 2.05) is 50.2 Å². The quantitative estimate of drug-likeness (QED) is 0.725. The van der Waals surface area contributed by atoms with E-state index in [4.69, 9.17) is 9.52 Å². The fourth-order valence-electron chi connectivity index (χ4n) is 2.96. The molecule has 4 nitrogen and oxygen atoms in total. The van der Waals surface area contributed by atoms with E-state index in [2.05, 4.69) is 0 Å². The number of carboxylic acid groups (broad SMARTS) is 1. The maximum atomic E-state index is 12.0. The van der Waals surface area contributed by atoms with Gasteiger partial charge in [-0.2, -0.15) is 0 Å². The van der Waals surface area contributed by atoms with Gasteiger partial charge in [0.25, 0.3) is 0 Å². The van der Waals surface area contributed by atoms with Crippen LogP contribution in [0.25, 0.3) is 22.1 Å². The van der Waals surface area contributed by atoms with Crippen LogP contribution in [0.15, 0.2) is 57.7 Å². The van der Waals surface area contributed by atoms with Crippen LogP contribution in [0, 0.1) is 6.92 Å². The number of aryl methyl sites for hydroxylation is 1. The summed E-state index contributed by atoms with van der Waals surface area (Å²) in [6, 6.07) is 14.9. The van der Waals surface area contributed by atoms with Crippen molar-refractivity contribution in [1.82, 2.24) is 0 Å². The van der Waals surface area contributed by atoms with Gasteiger partial charge >= 0.3 is 11.6 Å². The molecular formula is C20H18O4. The molecule has 0 aliphatic carbocycles. The number of fused-ring (bicyclic) bond motifs is 1. The normalized spacial score (nSPS) is 12.2. The Bertz CT molecular complexity index is 969. The summed E-state index contributed by atoms with van der Waals surface area (Å²) in [6.45, 7) is 3.84. The molecule has 24 heavy (non-hydrogen) atoms. The van der Waals surface area contributed by atoms with Gasteiger partial charge in [-0.25, -0.2) is 4.79 Å². The number of carboxylic acids is 1. The van der Waals surface area contributed by atoms with Gasteiger partial charge < -0.3 is 9.52 Å². The molecule has 1 heterocycles. The third-order valence-corrected chi connectivity index (χ3v) is 4.25. The minimum Gasteiger partial charge on any atom is -0.481 e. The highest BCUT2D eigenvalue weighted by Crippen LogP contribution is 2.31. The van der Waals surface area contributed by atoms with Gasteiger partial charge in [0, 0.05) is 17.0 Å². The van der Waals surface area contributed by atoms with Gasteiger partial charge in [-0.05, 0) is 35.6 Å². The van der Waals surface area contributed by atoms with Crippen LogP contribution >= 0.6 is 0 Å². The molecule has 0 fully saturated rings. The van der Waals surface area contributed by atoms with Crippen molar-refractivity contribution in [2.24, 2.45) is 0 Å². The summed E-state index contributed by atoms with van der Waals surface area (Å²) in [4.78, 5) is 22.9. The largest absolute Gasteiger partial charge is 0.481 e. The molecule has 0 radical (unpaired) electrons. The van der Waals surface area contributed by atoms with Crippen molar-refractivity contribution in [2.45, 2.75) is 26.2 Å². The summed E-state index contributed by atoms with van der Waals surface area (Å²) in [5.41, 5.74) is 3.81. The summed E-state index contributed by atoms with van der Waals surface area (Å²) in [5, 5.41) is 9.80. The molecule has 0 saturated heterocycles. The molecule has 3 aromatic rings. The van der Waals surface area contributed by atoms with E-state index in [1.165, 1.54) is 6.07 Å². The summed E-state index contributed by atoms with van der Waals surface area (Å²) in [5.74, 6) is -1.00. The summed E-state index contributed by atoms with van der Waals surface area (Å²) >= 11 is 0.